The van der Waals surface area contributed by atoms with E-state index in [-0.39, 0.29) is 35.2 Å². The molecule has 1 aromatic rings. The van der Waals surface area contributed by atoms with Crippen LogP contribution in [0, 0.1) is 80.3 Å². The Balaban J connectivity index is 0.945. The minimum atomic E-state index is -1.13. The summed E-state index contributed by atoms with van der Waals surface area (Å²) in [6.45, 7) is 6.57. The van der Waals surface area contributed by atoms with Crippen LogP contribution in [0.1, 0.15) is 195 Å². The zero-order chi connectivity index (χ0) is 48.6. The number of ether oxygens (including phenoxy) is 2. The number of rotatable bonds is 5. The number of hydrogen-bond donors (Lipinski definition) is 2. The van der Waals surface area contributed by atoms with Crippen LogP contribution in [0.25, 0.3) is 0 Å². The fourth-order valence-electron chi connectivity index (χ4n) is 24.8. The fraction of sp³-hybridized carbons (Fsp3) is 0.754. The SMILES string of the molecule is C[C@@H]1CC2=C3[C@H]4C5=C6[C@@H]7C[C@@]41CCC7=C[C@@H](C1CCCC1)C[C@H]1[C@]64C(=O)O/C(=C(/O)C[C@@H](C6CC7(CCCC7)C7(CCCC7)C6)N6C[C@H]7C[C@@H](C6)[C@@H](CC2)N3C7)[C@@]4(CC5)[C@]12OC(=O)c1c(CCCN)cccc12. The normalized spacial score (nSPS) is 46.9. The number of esters is 2. The molecule has 1 unspecified atom stereocenters. The number of benzene rings is 1. The van der Waals surface area contributed by atoms with E-state index in [1.54, 1.807) is 22.4 Å². The number of piperidine rings is 2. The summed E-state index contributed by atoms with van der Waals surface area (Å²) in [5, 5.41) is 14.0. The number of aryl methyl sites for hydroxylation is 1. The number of aliphatic hydroxyl groups is 1. The number of aliphatic hydroxyl groups excluding tert-OH is 1. The Morgan fingerprint density at radius 1 is 0.808 bits per heavy atom. The van der Waals surface area contributed by atoms with Gasteiger partial charge in [0.2, 0.25) is 0 Å². The minimum Gasteiger partial charge on any atom is -0.509 e. The lowest BCUT2D eigenvalue weighted by Crippen LogP contribution is -2.78. The summed E-state index contributed by atoms with van der Waals surface area (Å²) in [4.78, 5) is 38.2. The van der Waals surface area contributed by atoms with Gasteiger partial charge in [-0.2, -0.15) is 0 Å². The van der Waals surface area contributed by atoms with Crippen molar-refractivity contribution in [3.8, 4) is 0 Å². The largest absolute Gasteiger partial charge is 0.509 e. The van der Waals surface area contributed by atoms with Gasteiger partial charge in [-0.3, -0.25) is 9.69 Å². The molecule has 8 nitrogen and oxygen atoms in total. The summed E-state index contributed by atoms with van der Waals surface area (Å²) in [5.41, 5.74) is 14.8. The van der Waals surface area contributed by atoms with E-state index in [4.69, 9.17) is 15.2 Å². The second-order valence-electron chi connectivity index (χ2n) is 28.9. The highest BCUT2D eigenvalue weighted by Gasteiger charge is 2.94. The van der Waals surface area contributed by atoms with E-state index >= 15 is 9.59 Å². The molecule has 9 heterocycles. The van der Waals surface area contributed by atoms with Crippen LogP contribution in [0.4, 0.5) is 0 Å². The molecule has 3 saturated heterocycles. The maximum Gasteiger partial charge on any atom is 0.339 e. The Morgan fingerprint density at radius 2 is 1.60 bits per heavy atom. The highest BCUT2D eigenvalue weighted by atomic mass is 16.6. The lowest BCUT2D eigenvalue weighted by Gasteiger charge is -2.74. The van der Waals surface area contributed by atoms with Crippen molar-refractivity contribution < 1.29 is 24.2 Å². The third-order valence-electron chi connectivity index (χ3n) is 27.0. The molecule has 3 N–H and O–H groups in total. The first-order valence-electron chi connectivity index (χ1n) is 31.0. The van der Waals surface area contributed by atoms with E-state index in [0.717, 1.165) is 62.9 Å². The second kappa shape index (κ2) is 15.0. The molecule has 6 spiro atoms. The van der Waals surface area contributed by atoms with E-state index in [1.807, 2.05) is 0 Å². The standard InChI is InChI=1S/C65H83N3O5/c1-37-26-42-15-16-49-44-27-38-34-67(36-44)50(45-31-60(19-4-5-20-60)61(32-45)21-6-7-22-61)30-51(69)57-63-24-18-46-54-47-33-62(37,55(46)56(42)68(49)35-38)23-17-41(47)28-43(39-10-2-3-11-39)29-52(64(54,63)59(71)72-57)65(63)48-14-8-12-40(13-9-25-66)53(48)58(70)73-65/h8,12,14,28,37-39,43-45,47,49-50,52,55,69H,2-7,9-11,13,15-27,29-36,66H2,1H3/b41-28?,57-51+/t37-,38-,43-,44+,47-,49-,50+,52+,55-,62-,63-,64-,65-/m1/s1. The third kappa shape index (κ3) is 5.14. The van der Waals surface area contributed by atoms with Gasteiger partial charge in [-0.05, 0) is 198 Å². The molecule has 0 radical (unpaired) electrons. The van der Waals surface area contributed by atoms with Crippen molar-refractivity contribution in [2.45, 2.75) is 198 Å². The Hall–Kier alpha value is -3.36. The van der Waals surface area contributed by atoms with Crippen LogP contribution in [0.5, 0.6) is 0 Å². The molecule has 1 aromatic carbocycles. The number of nitrogens with two attached hydrogens (primary N) is 1. The van der Waals surface area contributed by atoms with Gasteiger partial charge in [-0.25, -0.2) is 4.79 Å². The van der Waals surface area contributed by atoms with Gasteiger partial charge >= 0.3 is 11.9 Å². The van der Waals surface area contributed by atoms with Gasteiger partial charge in [-0.1, -0.05) is 86.4 Å². The first-order valence-corrected chi connectivity index (χ1v) is 31.0. The van der Waals surface area contributed by atoms with Gasteiger partial charge in [0.05, 0.1) is 11.0 Å². The maximum atomic E-state index is 16.7. The maximum absolute atomic E-state index is 16.7. The molecular formula is C65H83N3O5. The van der Waals surface area contributed by atoms with Gasteiger partial charge in [0, 0.05) is 67.2 Å². The molecule has 9 fully saturated rings. The van der Waals surface area contributed by atoms with Crippen molar-refractivity contribution >= 4 is 11.9 Å². The van der Waals surface area contributed by atoms with Crippen molar-refractivity contribution in [1.29, 1.82) is 0 Å². The number of fused-ring (bicyclic) bond motifs is 4. The number of carbonyl (C=O) groups excluding carboxylic acids is 2. The number of nitrogens with zero attached hydrogens (tertiary/aromatic N) is 2. The van der Waals surface area contributed by atoms with Crippen LogP contribution >= 0.6 is 0 Å². The predicted octanol–water partition coefficient (Wildman–Crippen LogP) is 12.5. The van der Waals surface area contributed by atoms with Crippen LogP contribution in [-0.2, 0) is 26.3 Å². The molecule has 14 bridgehead atoms. The van der Waals surface area contributed by atoms with Crippen molar-refractivity contribution in [2.24, 2.45) is 86.1 Å². The van der Waals surface area contributed by atoms with E-state index in [1.165, 1.54) is 128 Å². The fourth-order valence-corrected chi connectivity index (χ4v) is 24.8. The molecule has 9 aliphatic heterocycles. The quantitative estimate of drug-likeness (QED) is 0.222. The first kappa shape index (κ1) is 44.7. The predicted molar refractivity (Wildman–Crippen MR) is 279 cm³/mol. The number of allylic oxidation sites excluding steroid dienone is 4. The van der Waals surface area contributed by atoms with Crippen LogP contribution in [-0.4, -0.2) is 65.1 Å². The molecule has 8 heteroatoms. The molecule has 0 amide bonds. The summed E-state index contributed by atoms with van der Waals surface area (Å²) in [6, 6.07) is 7.25. The van der Waals surface area contributed by atoms with Gasteiger partial charge in [-0.15, -0.1) is 0 Å². The molecule has 20 rings (SSSR count). The van der Waals surface area contributed by atoms with Crippen LogP contribution in [0.15, 0.2) is 63.8 Å². The number of hydrogen-bond acceptors (Lipinski definition) is 8. The van der Waals surface area contributed by atoms with Gasteiger partial charge in [0.1, 0.15) is 11.2 Å². The van der Waals surface area contributed by atoms with Gasteiger partial charge < -0.3 is 25.2 Å². The van der Waals surface area contributed by atoms with Crippen molar-refractivity contribution in [1.82, 2.24) is 9.80 Å². The average Bonchev–Trinajstić information content (AvgIpc) is 4.29. The summed E-state index contributed by atoms with van der Waals surface area (Å²) in [5.74, 6) is 3.84. The third-order valence-corrected chi connectivity index (χ3v) is 27.0. The van der Waals surface area contributed by atoms with Crippen molar-refractivity contribution in [3.05, 3.63) is 80.5 Å². The van der Waals surface area contributed by atoms with Gasteiger partial charge in [0.25, 0.3) is 0 Å². The zero-order valence-corrected chi connectivity index (χ0v) is 44.1. The summed E-state index contributed by atoms with van der Waals surface area (Å²) >= 11 is 0. The van der Waals surface area contributed by atoms with Crippen molar-refractivity contribution in [2.75, 3.05) is 26.2 Å². The van der Waals surface area contributed by atoms with E-state index < -0.39 is 16.4 Å². The molecule has 73 heavy (non-hydrogen) atoms. The summed E-state index contributed by atoms with van der Waals surface area (Å²) < 4.78 is 14.8. The highest BCUT2D eigenvalue weighted by Crippen LogP contribution is 2.89. The molecule has 14 atom stereocenters. The van der Waals surface area contributed by atoms with E-state index in [2.05, 4.69) is 41.0 Å². The average molecular weight is 986 g/mol. The Kier molecular flexibility index (Phi) is 9.20. The molecule has 10 aliphatic carbocycles. The summed E-state index contributed by atoms with van der Waals surface area (Å²) in [6.07, 6.45) is 34.2. The molecule has 19 aliphatic rings. The monoisotopic (exact) mass is 986 g/mol. The molecule has 388 valence electrons. The smallest absolute Gasteiger partial charge is 0.339 e. The first-order chi connectivity index (χ1) is 35.6. The minimum absolute atomic E-state index is 0.119. The molecule has 0 aromatic heterocycles. The van der Waals surface area contributed by atoms with E-state index in [9.17, 15) is 5.11 Å². The lowest BCUT2D eigenvalue weighted by atomic mass is 9.26. The Morgan fingerprint density at radius 3 is 2.38 bits per heavy atom. The van der Waals surface area contributed by atoms with Gasteiger partial charge in [0.15, 0.2) is 11.4 Å². The molecule has 6 saturated carbocycles. The lowest BCUT2D eigenvalue weighted by molar-refractivity contribution is -0.283. The Bertz CT molecular complexity index is 2740. The summed E-state index contributed by atoms with van der Waals surface area (Å²) in [7, 11) is 0. The van der Waals surface area contributed by atoms with Crippen LogP contribution < -0.4 is 5.73 Å². The number of carbonyl (C=O) groups is 2. The van der Waals surface area contributed by atoms with Crippen LogP contribution in [0.3, 0.4) is 0 Å². The Labute approximate surface area is 434 Å². The second-order valence-corrected chi connectivity index (χ2v) is 28.9. The van der Waals surface area contributed by atoms with E-state index in [0.29, 0.717) is 101 Å². The zero-order valence-electron chi connectivity index (χ0n) is 44.1. The molecular weight excluding hydrogens is 903 g/mol. The van der Waals surface area contributed by atoms with Crippen LogP contribution in [0.2, 0.25) is 0 Å². The highest BCUT2D eigenvalue weighted by molar-refractivity contribution is 6.00. The topological polar surface area (TPSA) is 105 Å². The van der Waals surface area contributed by atoms with Crippen molar-refractivity contribution in [3.63, 3.8) is 0 Å².